The summed E-state index contributed by atoms with van der Waals surface area (Å²) in [7, 11) is -2.44. The van der Waals surface area contributed by atoms with Crippen LogP contribution in [0.1, 0.15) is 23.2 Å². The van der Waals surface area contributed by atoms with E-state index in [0.29, 0.717) is 17.9 Å². The highest BCUT2D eigenvalue weighted by Gasteiger charge is 2.31. The molecule has 11 heteroatoms. The van der Waals surface area contributed by atoms with Crippen molar-refractivity contribution in [3.05, 3.63) is 52.0 Å². The van der Waals surface area contributed by atoms with Gasteiger partial charge in [-0.3, -0.25) is 9.59 Å². The molecule has 3 N–H and O–H groups in total. The highest BCUT2D eigenvalue weighted by atomic mass is 35.5. The molecular weight excluding hydrogens is 465 g/mol. The molecule has 0 radical (unpaired) electrons. The van der Waals surface area contributed by atoms with E-state index in [2.05, 4.69) is 5.32 Å². The lowest BCUT2D eigenvalue weighted by Gasteiger charge is -2.29. The molecule has 2 aromatic carbocycles. The number of methoxy groups -OCH3 is 1. The van der Waals surface area contributed by atoms with Gasteiger partial charge in [-0.1, -0.05) is 23.2 Å². The molecule has 0 spiro atoms. The van der Waals surface area contributed by atoms with Crippen molar-refractivity contribution in [1.29, 1.82) is 0 Å². The summed E-state index contributed by atoms with van der Waals surface area (Å²) in [6.07, 6.45) is 0.729. The normalized spacial score (nSPS) is 15.5. The maximum Gasteiger partial charge on any atom is 0.257 e. The van der Waals surface area contributed by atoms with Crippen LogP contribution in [0.4, 0.5) is 5.69 Å². The fourth-order valence-corrected chi connectivity index (χ4v) is 5.33. The summed E-state index contributed by atoms with van der Waals surface area (Å²) in [5.41, 5.74) is 5.67. The Balaban J connectivity index is 1.86. The van der Waals surface area contributed by atoms with Crippen LogP contribution in [-0.2, 0) is 14.8 Å². The first-order valence-electron chi connectivity index (χ1n) is 9.37. The zero-order valence-electron chi connectivity index (χ0n) is 16.6. The van der Waals surface area contributed by atoms with Crippen LogP contribution in [0, 0.1) is 5.92 Å². The second-order valence-corrected chi connectivity index (χ2v) is 9.80. The van der Waals surface area contributed by atoms with E-state index in [1.807, 2.05) is 0 Å². The summed E-state index contributed by atoms with van der Waals surface area (Å²) in [5, 5.41) is 3.18. The topological polar surface area (TPSA) is 119 Å². The second-order valence-electron chi connectivity index (χ2n) is 7.02. The number of amides is 2. The molecule has 3 rings (SSSR count). The Morgan fingerprint density at radius 3 is 2.39 bits per heavy atom. The number of hydrogen-bond donors (Lipinski definition) is 2. The second kappa shape index (κ2) is 9.44. The maximum absolute atomic E-state index is 13.1. The van der Waals surface area contributed by atoms with Gasteiger partial charge in [-0.05, 0) is 49.2 Å². The van der Waals surface area contributed by atoms with Crippen molar-refractivity contribution in [2.45, 2.75) is 17.7 Å². The zero-order chi connectivity index (χ0) is 22.8. The van der Waals surface area contributed by atoms with E-state index in [1.165, 1.54) is 47.8 Å². The van der Waals surface area contributed by atoms with E-state index in [1.54, 1.807) is 0 Å². The Hall–Kier alpha value is -2.33. The number of primary amides is 1. The van der Waals surface area contributed by atoms with Crippen molar-refractivity contribution < 1.29 is 22.7 Å². The number of carbonyl (C=O) groups is 2. The number of nitrogens with zero attached hydrogens (tertiary/aromatic N) is 1. The predicted molar refractivity (Wildman–Crippen MR) is 118 cm³/mol. The van der Waals surface area contributed by atoms with Gasteiger partial charge in [-0.2, -0.15) is 4.31 Å². The number of benzene rings is 2. The molecule has 0 atom stereocenters. The third kappa shape index (κ3) is 5.12. The molecule has 8 nitrogen and oxygen atoms in total. The lowest BCUT2D eigenvalue weighted by Crippen LogP contribution is -2.41. The van der Waals surface area contributed by atoms with E-state index in [4.69, 9.17) is 33.7 Å². The number of sulfonamides is 1. The quantitative estimate of drug-likeness (QED) is 0.651. The molecule has 0 unspecified atom stereocenters. The summed E-state index contributed by atoms with van der Waals surface area (Å²) >= 11 is 12.0. The van der Waals surface area contributed by atoms with Crippen LogP contribution < -0.4 is 15.8 Å². The Morgan fingerprint density at radius 2 is 1.81 bits per heavy atom. The minimum atomic E-state index is -3.84. The molecular formula is C20H21Cl2N3O5S. The van der Waals surface area contributed by atoms with Crippen molar-refractivity contribution in [2.24, 2.45) is 11.7 Å². The average molecular weight is 486 g/mol. The standard InChI is InChI=1S/C20H21Cl2N3O5S/c1-30-18-5-3-14(31(28,29)25-8-6-12(7-9-25)19(23)26)11-17(18)24-20(27)15-4-2-13(21)10-16(15)22/h2-5,10-12H,6-9H2,1H3,(H2,23,26)(H,24,27). The number of rotatable bonds is 6. The molecule has 2 amide bonds. The average Bonchev–Trinajstić information content (AvgIpc) is 2.73. The molecule has 0 aliphatic carbocycles. The Labute approximate surface area is 190 Å². The van der Waals surface area contributed by atoms with Crippen molar-refractivity contribution >= 4 is 50.7 Å². The van der Waals surface area contributed by atoms with Gasteiger partial charge in [0.25, 0.3) is 5.91 Å². The first-order chi connectivity index (χ1) is 14.6. The Kier molecular flexibility index (Phi) is 7.10. The van der Waals surface area contributed by atoms with Crippen LogP contribution in [-0.4, -0.2) is 44.7 Å². The van der Waals surface area contributed by atoms with Gasteiger partial charge in [0, 0.05) is 24.0 Å². The van der Waals surface area contributed by atoms with E-state index in [9.17, 15) is 18.0 Å². The third-order valence-corrected chi connectivity index (χ3v) is 7.53. The first-order valence-corrected chi connectivity index (χ1v) is 11.6. The van der Waals surface area contributed by atoms with E-state index in [0.717, 1.165) is 0 Å². The van der Waals surface area contributed by atoms with Gasteiger partial charge >= 0.3 is 0 Å². The SMILES string of the molecule is COc1ccc(S(=O)(=O)N2CCC(C(N)=O)CC2)cc1NC(=O)c1ccc(Cl)cc1Cl. The zero-order valence-corrected chi connectivity index (χ0v) is 18.9. The fraction of sp³-hybridized carbons (Fsp3) is 0.300. The summed E-state index contributed by atoms with van der Waals surface area (Å²) in [5.74, 6) is -1.02. The number of nitrogens with one attached hydrogen (secondary N) is 1. The number of ether oxygens (including phenoxy) is 1. The van der Waals surface area contributed by atoms with Gasteiger partial charge in [0.1, 0.15) is 5.75 Å². The number of halogens is 2. The van der Waals surface area contributed by atoms with Crippen molar-refractivity contribution in [3.63, 3.8) is 0 Å². The summed E-state index contributed by atoms with van der Waals surface area (Å²) < 4.78 is 32.7. The van der Waals surface area contributed by atoms with Crippen LogP contribution in [0.3, 0.4) is 0 Å². The van der Waals surface area contributed by atoms with Crippen LogP contribution in [0.5, 0.6) is 5.75 Å². The fourth-order valence-electron chi connectivity index (χ4n) is 3.34. The Bertz CT molecular complexity index is 1120. The van der Waals surface area contributed by atoms with Crippen LogP contribution in [0.25, 0.3) is 0 Å². The smallest absolute Gasteiger partial charge is 0.257 e. The molecule has 166 valence electrons. The minimum Gasteiger partial charge on any atom is -0.495 e. The lowest BCUT2D eigenvalue weighted by molar-refractivity contribution is -0.122. The monoisotopic (exact) mass is 485 g/mol. The highest BCUT2D eigenvalue weighted by molar-refractivity contribution is 7.89. The van der Waals surface area contributed by atoms with Gasteiger partial charge in [-0.15, -0.1) is 0 Å². The summed E-state index contributed by atoms with van der Waals surface area (Å²) in [4.78, 5) is 24.0. The van der Waals surface area contributed by atoms with Crippen LogP contribution >= 0.6 is 23.2 Å². The first kappa shape index (κ1) is 23.3. The minimum absolute atomic E-state index is 0.0108. The molecule has 1 aliphatic heterocycles. The number of piperidine rings is 1. The van der Waals surface area contributed by atoms with E-state index >= 15 is 0 Å². The van der Waals surface area contributed by atoms with E-state index in [-0.39, 0.29) is 45.9 Å². The number of carbonyl (C=O) groups excluding carboxylic acids is 2. The molecule has 0 bridgehead atoms. The molecule has 1 heterocycles. The lowest BCUT2D eigenvalue weighted by atomic mass is 9.98. The maximum atomic E-state index is 13.1. The van der Waals surface area contributed by atoms with Crippen molar-refractivity contribution in [3.8, 4) is 5.75 Å². The van der Waals surface area contributed by atoms with Gasteiger partial charge in [0.2, 0.25) is 15.9 Å². The number of nitrogens with two attached hydrogens (primary N) is 1. The molecule has 2 aromatic rings. The molecule has 1 saturated heterocycles. The Morgan fingerprint density at radius 1 is 1.13 bits per heavy atom. The van der Waals surface area contributed by atoms with Gasteiger partial charge in [-0.25, -0.2) is 8.42 Å². The van der Waals surface area contributed by atoms with Crippen molar-refractivity contribution in [2.75, 3.05) is 25.5 Å². The highest BCUT2D eigenvalue weighted by Crippen LogP contribution is 2.31. The summed E-state index contributed by atoms with van der Waals surface area (Å²) in [6, 6.07) is 8.62. The van der Waals surface area contributed by atoms with E-state index < -0.39 is 21.8 Å². The molecule has 1 aliphatic rings. The molecule has 1 fully saturated rings. The van der Waals surface area contributed by atoms with Gasteiger partial charge < -0.3 is 15.8 Å². The third-order valence-electron chi connectivity index (χ3n) is 5.09. The van der Waals surface area contributed by atoms with Crippen LogP contribution in [0.2, 0.25) is 10.0 Å². The molecule has 0 aromatic heterocycles. The molecule has 0 saturated carbocycles. The van der Waals surface area contributed by atoms with Gasteiger partial charge in [0.05, 0.1) is 28.3 Å². The predicted octanol–water partition coefficient (Wildman–Crippen LogP) is 3.14. The van der Waals surface area contributed by atoms with Crippen molar-refractivity contribution in [1.82, 2.24) is 4.31 Å². The molecule has 31 heavy (non-hydrogen) atoms. The van der Waals surface area contributed by atoms with Crippen LogP contribution in [0.15, 0.2) is 41.3 Å². The van der Waals surface area contributed by atoms with Gasteiger partial charge in [0.15, 0.2) is 0 Å². The summed E-state index contributed by atoms with van der Waals surface area (Å²) in [6.45, 7) is 0.369. The largest absolute Gasteiger partial charge is 0.495 e. The number of hydrogen-bond acceptors (Lipinski definition) is 5. The number of anilines is 1.